The fourth-order valence-electron chi connectivity index (χ4n) is 3.44. The van der Waals surface area contributed by atoms with Crippen LogP contribution in [0.25, 0.3) is 0 Å². The van der Waals surface area contributed by atoms with E-state index < -0.39 is 0 Å². The fraction of sp³-hybridized carbons (Fsp3) is 0.300. The van der Waals surface area contributed by atoms with Crippen molar-refractivity contribution < 1.29 is 9.18 Å². The Labute approximate surface area is 140 Å². The first-order valence-electron chi connectivity index (χ1n) is 8.07. The molecule has 2 heterocycles. The summed E-state index contributed by atoms with van der Waals surface area (Å²) >= 11 is 0. The lowest BCUT2D eigenvalue weighted by atomic mass is 10.1. The van der Waals surface area contributed by atoms with Gasteiger partial charge in [0.05, 0.1) is 5.41 Å². The molecule has 120 valence electrons. The van der Waals surface area contributed by atoms with Crippen LogP contribution in [0.15, 0.2) is 42.5 Å². The SMILES string of the molecule is Cc1cccc(C#CC23CC2CN(C(=O)c2cccc(F)c2)C3)n1. The number of pyridine rings is 1. The van der Waals surface area contributed by atoms with Gasteiger partial charge in [0.2, 0.25) is 0 Å². The van der Waals surface area contributed by atoms with Crippen LogP contribution in [0.3, 0.4) is 0 Å². The van der Waals surface area contributed by atoms with Crippen molar-refractivity contribution in [2.45, 2.75) is 13.3 Å². The highest BCUT2D eigenvalue weighted by atomic mass is 19.1. The van der Waals surface area contributed by atoms with Crippen LogP contribution >= 0.6 is 0 Å². The second kappa shape index (κ2) is 5.45. The number of likely N-dealkylation sites (tertiary alicyclic amines) is 1. The minimum absolute atomic E-state index is 0.103. The number of fused-ring (bicyclic) bond motifs is 1. The largest absolute Gasteiger partial charge is 0.337 e. The van der Waals surface area contributed by atoms with E-state index in [0.717, 1.165) is 17.8 Å². The zero-order valence-electron chi connectivity index (χ0n) is 13.4. The molecule has 1 aromatic heterocycles. The summed E-state index contributed by atoms with van der Waals surface area (Å²) in [6.07, 6.45) is 1.03. The van der Waals surface area contributed by atoms with E-state index in [4.69, 9.17) is 0 Å². The molecule has 1 saturated heterocycles. The second-order valence-corrected chi connectivity index (χ2v) is 6.67. The highest BCUT2D eigenvalue weighted by molar-refractivity contribution is 5.94. The second-order valence-electron chi connectivity index (χ2n) is 6.67. The van der Waals surface area contributed by atoms with Gasteiger partial charge in [-0.25, -0.2) is 9.37 Å². The van der Waals surface area contributed by atoms with Gasteiger partial charge in [0, 0.05) is 24.3 Å². The summed E-state index contributed by atoms with van der Waals surface area (Å²) in [5.41, 5.74) is 2.01. The molecule has 1 saturated carbocycles. The minimum atomic E-state index is -0.384. The minimum Gasteiger partial charge on any atom is -0.337 e. The molecule has 3 nitrogen and oxygen atoms in total. The van der Waals surface area contributed by atoms with Crippen LogP contribution in [0.4, 0.5) is 4.39 Å². The number of carbonyl (C=O) groups excluding carboxylic acids is 1. The van der Waals surface area contributed by atoms with Gasteiger partial charge in [-0.1, -0.05) is 18.1 Å². The predicted octanol–water partition coefficient (Wildman–Crippen LogP) is 3.04. The molecule has 1 aliphatic heterocycles. The molecular formula is C20H17FN2O. The number of hydrogen-bond donors (Lipinski definition) is 0. The number of benzene rings is 1. The standard InChI is InChI=1S/C20H17FN2O/c1-14-4-2-7-18(22-14)8-9-20-11-16(20)12-23(13-20)19(24)15-5-3-6-17(21)10-15/h2-7,10,16H,11-13H2,1H3. The number of nitrogens with zero attached hydrogens (tertiary/aromatic N) is 2. The maximum absolute atomic E-state index is 13.3. The Morgan fingerprint density at radius 2 is 2.17 bits per heavy atom. The van der Waals surface area contributed by atoms with Gasteiger partial charge in [0.15, 0.2) is 0 Å². The van der Waals surface area contributed by atoms with E-state index in [9.17, 15) is 9.18 Å². The number of aryl methyl sites for hydroxylation is 1. The molecule has 2 aliphatic rings. The lowest BCUT2D eigenvalue weighted by Crippen LogP contribution is -2.31. The number of hydrogen-bond acceptors (Lipinski definition) is 2. The van der Waals surface area contributed by atoms with Gasteiger partial charge in [-0.15, -0.1) is 0 Å². The lowest BCUT2D eigenvalue weighted by molar-refractivity contribution is 0.0770. The molecule has 0 radical (unpaired) electrons. The third kappa shape index (κ3) is 2.67. The molecular weight excluding hydrogens is 303 g/mol. The van der Waals surface area contributed by atoms with Crippen LogP contribution in [0.5, 0.6) is 0 Å². The van der Waals surface area contributed by atoms with Crippen LogP contribution < -0.4 is 0 Å². The number of piperidine rings is 1. The summed E-state index contributed by atoms with van der Waals surface area (Å²) in [5.74, 6) is 6.43. The van der Waals surface area contributed by atoms with Crippen LogP contribution in [0.2, 0.25) is 0 Å². The van der Waals surface area contributed by atoms with Gasteiger partial charge in [0.25, 0.3) is 5.91 Å². The van der Waals surface area contributed by atoms with Crippen molar-refractivity contribution >= 4 is 5.91 Å². The summed E-state index contributed by atoms with van der Waals surface area (Å²) in [7, 11) is 0. The first-order valence-corrected chi connectivity index (χ1v) is 8.07. The summed E-state index contributed by atoms with van der Waals surface area (Å²) in [6, 6.07) is 11.7. The monoisotopic (exact) mass is 320 g/mol. The number of aromatic nitrogens is 1. The van der Waals surface area contributed by atoms with Crippen molar-refractivity contribution in [2.24, 2.45) is 11.3 Å². The van der Waals surface area contributed by atoms with Gasteiger partial charge in [0.1, 0.15) is 11.5 Å². The Balaban J connectivity index is 1.50. The average Bonchev–Trinajstić information content (AvgIpc) is 3.13. The Hall–Kier alpha value is -2.67. The van der Waals surface area contributed by atoms with E-state index in [-0.39, 0.29) is 17.1 Å². The number of halogens is 1. The van der Waals surface area contributed by atoms with Crippen molar-refractivity contribution in [3.05, 3.63) is 65.2 Å². The Kier molecular flexibility index (Phi) is 3.38. The van der Waals surface area contributed by atoms with Crippen molar-refractivity contribution in [1.82, 2.24) is 9.88 Å². The molecule has 0 bridgehead atoms. The molecule has 1 aliphatic carbocycles. The molecule has 1 aromatic carbocycles. The summed E-state index contributed by atoms with van der Waals surface area (Å²) < 4.78 is 13.3. The molecule has 2 unspecified atom stereocenters. The van der Waals surface area contributed by atoms with Gasteiger partial charge in [-0.3, -0.25) is 4.79 Å². The van der Waals surface area contributed by atoms with E-state index >= 15 is 0 Å². The van der Waals surface area contributed by atoms with Crippen LogP contribution in [-0.4, -0.2) is 28.9 Å². The third-order valence-corrected chi connectivity index (χ3v) is 4.83. The third-order valence-electron chi connectivity index (χ3n) is 4.83. The van der Waals surface area contributed by atoms with Gasteiger partial charge >= 0.3 is 0 Å². The van der Waals surface area contributed by atoms with Crippen molar-refractivity contribution in [3.63, 3.8) is 0 Å². The predicted molar refractivity (Wildman–Crippen MR) is 88.7 cm³/mol. The van der Waals surface area contributed by atoms with E-state index in [1.165, 1.54) is 12.1 Å². The first-order chi connectivity index (χ1) is 11.6. The number of rotatable bonds is 1. The highest BCUT2D eigenvalue weighted by Gasteiger charge is 2.60. The van der Waals surface area contributed by atoms with Crippen molar-refractivity contribution in [1.29, 1.82) is 0 Å². The topological polar surface area (TPSA) is 33.2 Å². The fourth-order valence-corrected chi connectivity index (χ4v) is 3.44. The quantitative estimate of drug-likeness (QED) is 0.757. The maximum atomic E-state index is 13.3. The van der Waals surface area contributed by atoms with Gasteiger partial charge < -0.3 is 4.90 Å². The van der Waals surface area contributed by atoms with E-state index in [2.05, 4.69) is 16.8 Å². The lowest BCUT2D eigenvalue weighted by Gasteiger charge is -2.19. The zero-order valence-corrected chi connectivity index (χ0v) is 13.4. The Morgan fingerprint density at radius 1 is 1.33 bits per heavy atom. The van der Waals surface area contributed by atoms with Crippen LogP contribution in [-0.2, 0) is 0 Å². The van der Waals surface area contributed by atoms with Gasteiger partial charge in [-0.05, 0) is 55.5 Å². The molecule has 24 heavy (non-hydrogen) atoms. The molecule has 1 amide bonds. The Morgan fingerprint density at radius 3 is 2.96 bits per heavy atom. The summed E-state index contributed by atoms with van der Waals surface area (Å²) in [6.45, 7) is 3.26. The molecule has 4 heteroatoms. The molecule has 4 rings (SSSR count). The molecule has 2 atom stereocenters. The highest BCUT2D eigenvalue weighted by Crippen LogP contribution is 2.57. The van der Waals surface area contributed by atoms with Crippen LogP contribution in [0, 0.1) is 35.9 Å². The normalized spacial score (nSPS) is 24.1. The summed E-state index contributed by atoms with van der Waals surface area (Å²) in [5, 5.41) is 0. The smallest absolute Gasteiger partial charge is 0.254 e. The zero-order chi connectivity index (χ0) is 16.7. The van der Waals surface area contributed by atoms with Crippen molar-refractivity contribution in [2.75, 3.05) is 13.1 Å². The number of carbonyl (C=O) groups is 1. The average molecular weight is 320 g/mol. The van der Waals surface area contributed by atoms with E-state index in [1.54, 1.807) is 17.0 Å². The molecule has 2 fully saturated rings. The number of amides is 1. The van der Waals surface area contributed by atoms with E-state index in [0.29, 0.717) is 24.6 Å². The first kappa shape index (κ1) is 14.9. The van der Waals surface area contributed by atoms with Crippen molar-refractivity contribution in [3.8, 4) is 11.8 Å². The molecule has 2 aromatic rings. The van der Waals surface area contributed by atoms with Gasteiger partial charge in [-0.2, -0.15) is 0 Å². The maximum Gasteiger partial charge on any atom is 0.254 e. The van der Waals surface area contributed by atoms with E-state index in [1.807, 2.05) is 25.1 Å². The Bertz CT molecular complexity index is 882. The van der Waals surface area contributed by atoms with Crippen LogP contribution in [0.1, 0.15) is 28.2 Å². The summed E-state index contributed by atoms with van der Waals surface area (Å²) in [4.78, 5) is 18.7. The molecule has 0 N–H and O–H groups in total. The molecule has 0 spiro atoms.